The Morgan fingerprint density at radius 1 is 1.41 bits per heavy atom. The fourth-order valence-corrected chi connectivity index (χ4v) is 4.24. The highest BCUT2D eigenvalue weighted by atomic mass is 16.5. The maximum Gasteiger partial charge on any atom is 0.259 e. The van der Waals surface area contributed by atoms with Gasteiger partial charge in [0.2, 0.25) is 11.8 Å². The van der Waals surface area contributed by atoms with Crippen molar-refractivity contribution in [3.63, 3.8) is 0 Å². The molecule has 32 heavy (non-hydrogen) atoms. The van der Waals surface area contributed by atoms with Gasteiger partial charge >= 0.3 is 0 Å². The number of aromatic nitrogens is 1. The van der Waals surface area contributed by atoms with Crippen LogP contribution in [0.3, 0.4) is 0 Å². The average Bonchev–Trinajstić information content (AvgIpc) is 2.81. The van der Waals surface area contributed by atoms with Gasteiger partial charge in [-0.2, -0.15) is 0 Å². The third kappa shape index (κ3) is 5.48. The molecule has 2 aliphatic rings. The van der Waals surface area contributed by atoms with Crippen molar-refractivity contribution in [3.8, 4) is 5.88 Å². The molecule has 1 fully saturated rings. The third-order valence-corrected chi connectivity index (χ3v) is 6.30. The number of nitrogens with zero attached hydrogens (tertiary/aromatic N) is 3. The van der Waals surface area contributed by atoms with Crippen molar-refractivity contribution in [2.75, 3.05) is 40.0 Å². The summed E-state index contributed by atoms with van der Waals surface area (Å²) < 4.78 is 11.6. The zero-order valence-electron chi connectivity index (χ0n) is 19.5. The summed E-state index contributed by atoms with van der Waals surface area (Å²) in [5, 5.41) is 9.75. The molecule has 0 bridgehead atoms. The minimum atomic E-state index is -0.344. The van der Waals surface area contributed by atoms with Crippen molar-refractivity contribution < 1.29 is 24.2 Å². The van der Waals surface area contributed by atoms with Crippen LogP contribution in [0.25, 0.3) is 6.08 Å². The van der Waals surface area contributed by atoms with Crippen LogP contribution in [0.5, 0.6) is 5.88 Å². The lowest BCUT2D eigenvalue weighted by Gasteiger charge is -2.38. The molecule has 1 N–H and O–H groups in total. The maximum atomic E-state index is 13.3. The van der Waals surface area contributed by atoms with Gasteiger partial charge in [0.25, 0.3) is 5.91 Å². The van der Waals surface area contributed by atoms with E-state index in [0.717, 1.165) is 18.4 Å². The van der Waals surface area contributed by atoms with Gasteiger partial charge in [0.1, 0.15) is 11.7 Å². The average molecular weight is 446 g/mol. The van der Waals surface area contributed by atoms with Gasteiger partial charge in [-0.15, -0.1) is 0 Å². The number of hydrogen-bond acceptors (Lipinski definition) is 6. The van der Waals surface area contributed by atoms with Crippen molar-refractivity contribution in [1.82, 2.24) is 14.8 Å². The first kappa shape index (κ1) is 24.2. The highest BCUT2D eigenvalue weighted by Crippen LogP contribution is 2.28. The number of aliphatic hydroxyl groups is 1. The SMILES string of the molecule is CC=Cc1cnc2c(c1)C(=O)N([C@@H](C)CO)C[C@@H](C)[C@@H](CN(C)C(=O)C1CCOCC1)O2. The first-order valence-corrected chi connectivity index (χ1v) is 11.4. The third-order valence-electron chi connectivity index (χ3n) is 6.30. The molecule has 3 rings (SSSR count). The summed E-state index contributed by atoms with van der Waals surface area (Å²) in [6.07, 6.45) is 6.56. The molecule has 2 aliphatic heterocycles. The first-order valence-electron chi connectivity index (χ1n) is 11.4. The van der Waals surface area contributed by atoms with Gasteiger partial charge in [-0.05, 0) is 38.3 Å². The van der Waals surface area contributed by atoms with Gasteiger partial charge in [-0.3, -0.25) is 9.59 Å². The van der Waals surface area contributed by atoms with Crippen LogP contribution < -0.4 is 4.74 Å². The van der Waals surface area contributed by atoms with E-state index in [1.807, 2.05) is 32.9 Å². The fraction of sp³-hybridized carbons (Fsp3) is 0.625. The van der Waals surface area contributed by atoms with Crippen molar-refractivity contribution in [3.05, 3.63) is 29.5 Å². The number of rotatable bonds is 6. The largest absolute Gasteiger partial charge is 0.472 e. The molecule has 0 saturated carbocycles. The molecular formula is C24H35N3O5. The maximum absolute atomic E-state index is 13.3. The van der Waals surface area contributed by atoms with Gasteiger partial charge in [-0.25, -0.2) is 4.98 Å². The molecular weight excluding hydrogens is 410 g/mol. The predicted molar refractivity (Wildman–Crippen MR) is 121 cm³/mol. The molecule has 1 aromatic heterocycles. The standard InChI is InChI=1S/C24H35N3O5/c1-5-6-18-11-20-22(25-12-18)32-21(16(2)13-27(24(20)30)17(3)15-28)14-26(4)23(29)19-7-9-31-10-8-19/h5-6,11-12,16-17,19,21,28H,7-10,13-15H2,1-4H3/t16-,17+,21-/m1/s1. The van der Waals surface area contributed by atoms with Crippen molar-refractivity contribution in [2.45, 2.75) is 45.8 Å². The summed E-state index contributed by atoms with van der Waals surface area (Å²) in [5.74, 6) is 0.0561. The first-order chi connectivity index (χ1) is 15.3. The van der Waals surface area contributed by atoms with E-state index in [0.29, 0.717) is 31.9 Å². The summed E-state index contributed by atoms with van der Waals surface area (Å²) >= 11 is 0. The number of likely N-dealkylation sites (N-methyl/N-ethyl adjacent to an activating group) is 1. The molecule has 0 aromatic carbocycles. The van der Waals surface area contributed by atoms with E-state index in [-0.39, 0.29) is 48.3 Å². The molecule has 3 heterocycles. The van der Waals surface area contributed by atoms with E-state index in [2.05, 4.69) is 4.98 Å². The minimum Gasteiger partial charge on any atom is -0.472 e. The minimum absolute atomic E-state index is 0.0288. The molecule has 0 radical (unpaired) electrons. The Morgan fingerprint density at radius 3 is 2.78 bits per heavy atom. The summed E-state index contributed by atoms with van der Waals surface area (Å²) in [6, 6.07) is 1.43. The van der Waals surface area contributed by atoms with E-state index in [1.165, 1.54) is 0 Å². The molecule has 8 heteroatoms. The van der Waals surface area contributed by atoms with Crippen LogP contribution in [0.15, 0.2) is 18.3 Å². The summed E-state index contributed by atoms with van der Waals surface area (Å²) in [5.41, 5.74) is 1.17. The Labute approximate surface area is 190 Å². The second-order valence-corrected chi connectivity index (χ2v) is 8.85. The number of carbonyl (C=O) groups is 2. The molecule has 0 aliphatic carbocycles. The summed E-state index contributed by atoms with van der Waals surface area (Å²) in [4.78, 5) is 34.1. The Morgan fingerprint density at radius 2 is 2.12 bits per heavy atom. The Balaban J connectivity index is 1.88. The second kappa shape index (κ2) is 10.9. The number of amides is 2. The number of aliphatic hydroxyl groups excluding tert-OH is 1. The normalized spacial score (nSPS) is 23.3. The Bertz CT molecular complexity index is 837. The second-order valence-electron chi connectivity index (χ2n) is 8.85. The smallest absolute Gasteiger partial charge is 0.259 e. The van der Waals surface area contributed by atoms with Gasteiger partial charge in [0, 0.05) is 44.8 Å². The van der Waals surface area contributed by atoms with E-state index in [4.69, 9.17) is 9.47 Å². The van der Waals surface area contributed by atoms with Crippen LogP contribution in [0, 0.1) is 11.8 Å². The van der Waals surface area contributed by atoms with Crippen LogP contribution in [0.1, 0.15) is 49.5 Å². The van der Waals surface area contributed by atoms with Crippen LogP contribution in [0.4, 0.5) is 0 Å². The zero-order valence-corrected chi connectivity index (χ0v) is 19.5. The molecule has 176 valence electrons. The van der Waals surface area contributed by atoms with Crippen molar-refractivity contribution >= 4 is 17.9 Å². The number of hydrogen-bond donors (Lipinski definition) is 1. The lowest BCUT2D eigenvalue weighted by Crippen LogP contribution is -2.51. The molecule has 0 unspecified atom stereocenters. The number of allylic oxidation sites excluding steroid dienone is 1. The van der Waals surface area contributed by atoms with Gasteiger partial charge < -0.3 is 24.4 Å². The molecule has 0 spiro atoms. The van der Waals surface area contributed by atoms with E-state index < -0.39 is 0 Å². The summed E-state index contributed by atoms with van der Waals surface area (Å²) in [7, 11) is 1.80. The monoisotopic (exact) mass is 445 g/mol. The van der Waals surface area contributed by atoms with Crippen molar-refractivity contribution in [1.29, 1.82) is 0 Å². The fourth-order valence-electron chi connectivity index (χ4n) is 4.24. The zero-order chi connectivity index (χ0) is 23.3. The number of ether oxygens (including phenoxy) is 2. The summed E-state index contributed by atoms with van der Waals surface area (Å²) in [6.45, 7) is 7.63. The topological polar surface area (TPSA) is 92.2 Å². The molecule has 1 saturated heterocycles. The van der Waals surface area contributed by atoms with Crippen LogP contribution in [-0.2, 0) is 9.53 Å². The van der Waals surface area contributed by atoms with Crippen LogP contribution >= 0.6 is 0 Å². The predicted octanol–water partition coefficient (Wildman–Crippen LogP) is 2.22. The molecule has 1 aromatic rings. The van der Waals surface area contributed by atoms with E-state index >= 15 is 0 Å². The number of fused-ring (bicyclic) bond motifs is 1. The molecule has 8 nitrogen and oxygen atoms in total. The van der Waals surface area contributed by atoms with Gasteiger partial charge in [-0.1, -0.05) is 19.1 Å². The molecule has 3 atom stereocenters. The quantitative estimate of drug-likeness (QED) is 0.722. The van der Waals surface area contributed by atoms with Crippen LogP contribution in [0.2, 0.25) is 0 Å². The highest BCUT2D eigenvalue weighted by molar-refractivity contribution is 5.97. The lowest BCUT2D eigenvalue weighted by atomic mass is 9.97. The Hall–Kier alpha value is -2.45. The van der Waals surface area contributed by atoms with E-state index in [9.17, 15) is 14.7 Å². The number of carbonyl (C=O) groups excluding carboxylic acids is 2. The molecule has 2 amide bonds. The Kier molecular flexibility index (Phi) is 8.26. The number of pyridine rings is 1. The van der Waals surface area contributed by atoms with Crippen molar-refractivity contribution in [2.24, 2.45) is 11.8 Å². The van der Waals surface area contributed by atoms with E-state index in [1.54, 1.807) is 29.1 Å². The van der Waals surface area contributed by atoms with Gasteiger partial charge in [0.05, 0.1) is 19.2 Å². The van der Waals surface area contributed by atoms with Gasteiger partial charge in [0.15, 0.2) is 0 Å². The highest BCUT2D eigenvalue weighted by Gasteiger charge is 2.35. The van der Waals surface area contributed by atoms with Crippen LogP contribution in [-0.4, -0.2) is 83.8 Å². The lowest BCUT2D eigenvalue weighted by molar-refractivity contribution is -0.138.